The van der Waals surface area contributed by atoms with Gasteiger partial charge in [0.15, 0.2) is 0 Å². The molecule has 0 radical (unpaired) electrons. The Morgan fingerprint density at radius 3 is 2.29 bits per heavy atom. The molecule has 0 saturated heterocycles. The third kappa shape index (κ3) is 6.15. The summed E-state index contributed by atoms with van der Waals surface area (Å²) in [5, 5.41) is 3.04. The highest BCUT2D eigenvalue weighted by Crippen LogP contribution is 2.33. The van der Waals surface area contributed by atoms with Crippen molar-refractivity contribution in [1.29, 1.82) is 0 Å². The van der Waals surface area contributed by atoms with Crippen LogP contribution in [0, 0.1) is 19.3 Å². The van der Waals surface area contributed by atoms with E-state index in [4.69, 9.17) is 0 Å². The predicted molar refractivity (Wildman–Crippen MR) is 116 cm³/mol. The van der Waals surface area contributed by atoms with Gasteiger partial charge >= 0.3 is 6.36 Å². The van der Waals surface area contributed by atoms with Gasteiger partial charge in [0.05, 0.1) is 0 Å². The number of amides is 1. The molecule has 1 heterocycles. The second kappa shape index (κ2) is 8.44. The summed E-state index contributed by atoms with van der Waals surface area (Å²) in [5.41, 5.74) is 5.61. The van der Waals surface area contributed by atoms with Gasteiger partial charge in [0.1, 0.15) is 5.75 Å². The SMILES string of the molecule is Cc1cc(N2CCc3cc(OC(F)(F)F)ccc3C2)cc(C)c1NC(=O)CC(C)(C)C. The molecule has 0 atom stereocenters. The molecule has 7 heteroatoms. The molecule has 31 heavy (non-hydrogen) atoms. The maximum absolute atomic E-state index is 12.5. The van der Waals surface area contributed by atoms with Crippen LogP contribution in [0.25, 0.3) is 0 Å². The van der Waals surface area contributed by atoms with Crippen molar-refractivity contribution in [2.45, 2.75) is 60.4 Å². The lowest BCUT2D eigenvalue weighted by Crippen LogP contribution is -2.30. The van der Waals surface area contributed by atoms with Crippen LogP contribution in [0.1, 0.15) is 49.4 Å². The summed E-state index contributed by atoms with van der Waals surface area (Å²) < 4.78 is 41.4. The number of nitrogens with one attached hydrogen (secondary N) is 1. The normalized spacial score (nSPS) is 14.3. The highest BCUT2D eigenvalue weighted by molar-refractivity contribution is 5.93. The van der Waals surface area contributed by atoms with Crippen molar-refractivity contribution in [3.8, 4) is 5.75 Å². The smallest absolute Gasteiger partial charge is 0.406 e. The fourth-order valence-electron chi connectivity index (χ4n) is 3.93. The van der Waals surface area contributed by atoms with E-state index in [0.717, 1.165) is 33.6 Å². The number of ether oxygens (including phenoxy) is 1. The van der Waals surface area contributed by atoms with E-state index < -0.39 is 6.36 Å². The number of hydrogen-bond acceptors (Lipinski definition) is 3. The van der Waals surface area contributed by atoms with Gasteiger partial charge in [0, 0.05) is 30.9 Å². The molecule has 1 aliphatic rings. The third-order valence-electron chi connectivity index (χ3n) is 5.26. The maximum Gasteiger partial charge on any atom is 0.573 e. The van der Waals surface area contributed by atoms with Crippen LogP contribution in [-0.4, -0.2) is 18.8 Å². The van der Waals surface area contributed by atoms with Crippen LogP contribution in [0.4, 0.5) is 24.5 Å². The summed E-state index contributed by atoms with van der Waals surface area (Å²) >= 11 is 0. The largest absolute Gasteiger partial charge is 0.573 e. The molecule has 0 spiro atoms. The summed E-state index contributed by atoms with van der Waals surface area (Å²) in [5.74, 6) is -0.183. The summed E-state index contributed by atoms with van der Waals surface area (Å²) in [6.45, 7) is 11.3. The number of benzene rings is 2. The van der Waals surface area contributed by atoms with Crippen LogP contribution in [0.2, 0.25) is 0 Å². The number of aryl methyl sites for hydroxylation is 2. The molecule has 1 amide bonds. The van der Waals surface area contributed by atoms with E-state index in [1.54, 1.807) is 6.07 Å². The lowest BCUT2D eigenvalue weighted by Gasteiger charge is -2.32. The first-order valence-electron chi connectivity index (χ1n) is 10.3. The van der Waals surface area contributed by atoms with Gasteiger partial charge in [-0.25, -0.2) is 0 Å². The molecule has 3 rings (SSSR count). The van der Waals surface area contributed by atoms with Gasteiger partial charge in [-0.15, -0.1) is 13.2 Å². The lowest BCUT2D eigenvalue weighted by molar-refractivity contribution is -0.274. The van der Waals surface area contributed by atoms with Crippen molar-refractivity contribution in [2.24, 2.45) is 5.41 Å². The molecule has 1 N–H and O–H groups in total. The van der Waals surface area contributed by atoms with Crippen LogP contribution in [0.15, 0.2) is 30.3 Å². The molecule has 4 nitrogen and oxygen atoms in total. The summed E-state index contributed by atoms with van der Waals surface area (Å²) in [6, 6.07) is 8.63. The zero-order chi connectivity index (χ0) is 23.0. The van der Waals surface area contributed by atoms with Gasteiger partial charge in [-0.2, -0.15) is 0 Å². The van der Waals surface area contributed by atoms with E-state index in [9.17, 15) is 18.0 Å². The number of carbonyl (C=O) groups is 1. The molecule has 0 aliphatic carbocycles. The molecule has 1 aliphatic heterocycles. The van der Waals surface area contributed by atoms with Crippen LogP contribution in [-0.2, 0) is 17.8 Å². The minimum absolute atomic E-state index is 0.00442. The lowest BCUT2D eigenvalue weighted by atomic mass is 9.92. The monoisotopic (exact) mass is 434 g/mol. The van der Waals surface area contributed by atoms with Crippen molar-refractivity contribution < 1.29 is 22.7 Å². The number of hydrogen-bond donors (Lipinski definition) is 1. The minimum Gasteiger partial charge on any atom is -0.406 e. The molecule has 0 aromatic heterocycles. The second-order valence-corrected chi connectivity index (χ2v) is 9.39. The average Bonchev–Trinajstić information content (AvgIpc) is 2.61. The predicted octanol–water partition coefficient (Wildman–Crippen LogP) is 6.14. The molecule has 0 bridgehead atoms. The van der Waals surface area contributed by atoms with Gasteiger partial charge in [-0.05, 0) is 72.2 Å². The van der Waals surface area contributed by atoms with Gasteiger partial charge in [0.25, 0.3) is 0 Å². The third-order valence-corrected chi connectivity index (χ3v) is 5.26. The van der Waals surface area contributed by atoms with E-state index in [-0.39, 0.29) is 17.1 Å². The number of rotatable bonds is 4. The number of halogens is 3. The molecule has 0 unspecified atom stereocenters. The second-order valence-electron chi connectivity index (χ2n) is 9.39. The van der Waals surface area contributed by atoms with E-state index in [2.05, 4.69) is 15.0 Å². The van der Waals surface area contributed by atoms with Crippen molar-refractivity contribution >= 4 is 17.3 Å². The maximum atomic E-state index is 12.5. The Hall–Kier alpha value is -2.70. The average molecular weight is 435 g/mol. The first-order chi connectivity index (χ1) is 14.3. The fraction of sp³-hybridized carbons (Fsp3) is 0.458. The molecule has 2 aromatic rings. The Bertz CT molecular complexity index is 955. The Balaban J connectivity index is 1.75. The molecule has 0 saturated carbocycles. The highest BCUT2D eigenvalue weighted by Gasteiger charge is 2.31. The summed E-state index contributed by atoms with van der Waals surface area (Å²) in [6.07, 6.45) is -3.61. The Morgan fingerprint density at radius 2 is 1.71 bits per heavy atom. The van der Waals surface area contributed by atoms with Crippen LogP contribution in [0.3, 0.4) is 0 Å². The highest BCUT2D eigenvalue weighted by atomic mass is 19.4. The molecular weight excluding hydrogens is 405 g/mol. The number of alkyl halides is 3. The van der Waals surface area contributed by atoms with E-state index in [1.807, 2.05) is 46.8 Å². The van der Waals surface area contributed by atoms with Crippen molar-refractivity contribution in [3.05, 3.63) is 52.6 Å². The molecule has 2 aromatic carbocycles. The standard InChI is InChI=1S/C24H29F3N2O2/c1-15-10-19(11-16(2)22(15)28-21(30)13-23(3,4)5)29-9-8-17-12-20(31-24(25,26)27)7-6-18(17)14-29/h6-7,10-12H,8-9,13-14H2,1-5H3,(H,28,30). The summed E-state index contributed by atoms with van der Waals surface area (Å²) in [7, 11) is 0. The van der Waals surface area contributed by atoms with Crippen LogP contribution >= 0.6 is 0 Å². The first-order valence-corrected chi connectivity index (χ1v) is 10.3. The Kier molecular flexibility index (Phi) is 6.25. The summed E-state index contributed by atoms with van der Waals surface area (Å²) in [4.78, 5) is 14.6. The fourth-order valence-corrected chi connectivity index (χ4v) is 3.93. The molecule has 0 fully saturated rings. The van der Waals surface area contributed by atoms with E-state index >= 15 is 0 Å². The number of anilines is 2. The minimum atomic E-state index is -4.69. The Labute approximate surface area is 181 Å². The Morgan fingerprint density at radius 1 is 1.06 bits per heavy atom. The van der Waals surface area contributed by atoms with Gasteiger partial charge in [0.2, 0.25) is 5.91 Å². The number of carbonyl (C=O) groups excluding carboxylic acids is 1. The van der Waals surface area contributed by atoms with E-state index in [0.29, 0.717) is 25.9 Å². The topological polar surface area (TPSA) is 41.6 Å². The number of fused-ring (bicyclic) bond motifs is 1. The van der Waals surface area contributed by atoms with Gasteiger partial charge in [-0.1, -0.05) is 26.8 Å². The van der Waals surface area contributed by atoms with Crippen LogP contribution < -0.4 is 15.0 Å². The van der Waals surface area contributed by atoms with Gasteiger partial charge in [-0.3, -0.25) is 4.79 Å². The van der Waals surface area contributed by atoms with Crippen LogP contribution in [0.5, 0.6) is 5.75 Å². The van der Waals surface area contributed by atoms with E-state index in [1.165, 1.54) is 12.1 Å². The van der Waals surface area contributed by atoms with Crippen molar-refractivity contribution in [1.82, 2.24) is 0 Å². The zero-order valence-electron chi connectivity index (χ0n) is 18.6. The van der Waals surface area contributed by atoms with Gasteiger partial charge < -0.3 is 15.0 Å². The van der Waals surface area contributed by atoms with Crippen molar-refractivity contribution in [3.63, 3.8) is 0 Å². The van der Waals surface area contributed by atoms with Crippen molar-refractivity contribution in [2.75, 3.05) is 16.8 Å². The molecule has 168 valence electrons. The molecular formula is C24H29F3N2O2. The quantitative estimate of drug-likeness (QED) is 0.629. The number of nitrogens with zero attached hydrogens (tertiary/aromatic N) is 1. The zero-order valence-corrected chi connectivity index (χ0v) is 18.6. The first kappa shape index (κ1) is 23.0.